The minimum Gasteiger partial charge on any atom is -0.454 e. The smallest absolute Gasteiger partial charge is 0.344 e. The number of hydrogen-bond acceptors (Lipinski definition) is 4. The molecule has 2 heterocycles. The normalized spacial score (nSPS) is 12.3. The molecule has 112 valence electrons. The Bertz CT molecular complexity index is 848. The summed E-state index contributed by atoms with van der Waals surface area (Å²) in [5.74, 6) is -1.94. The Kier molecular flexibility index (Phi) is 3.54. The first-order valence-corrected chi connectivity index (χ1v) is 6.50. The van der Waals surface area contributed by atoms with Gasteiger partial charge in [0.05, 0.1) is 6.20 Å². The zero-order chi connectivity index (χ0) is 15.7. The minimum atomic E-state index is -0.943. The summed E-state index contributed by atoms with van der Waals surface area (Å²) in [6.07, 6.45) is 3.53. The molecule has 3 aromatic rings. The highest BCUT2D eigenvalue weighted by Gasteiger charge is 2.20. The highest BCUT2D eigenvalue weighted by molar-refractivity contribution is 5.95. The number of benzene rings is 1. The molecule has 5 nitrogen and oxygen atoms in total. The quantitative estimate of drug-likeness (QED) is 0.698. The lowest BCUT2D eigenvalue weighted by atomic mass is 10.1. The Morgan fingerprint density at radius 2 is 2.18 bits per heavy atom. The minimum absolute atomic E-state index is 0.0298. The number of rotatable bonds is 3. The third-order valence-electron chi connectivity index (χ3n) is 3.18. The molecule has 0 spiro atoms. The number of halogens is 2. The number of fused-ring (bicyclic) bond motifs is 1. The van der Waals surface area contributed by atoms with E-state index in [4.69, 9.17) is 4.74 Å². The van der Waals surface area contributed by atoms with Crippen molar-refractivity contribution in [3.8, 4) is 0 Å². The Labute approximate surface area is 124 Å². The van der Waals surface area contributed by atoms with E-state index in [2.05, 4.69) is 10.1 Å². The highest BCUT2D eigenvalue weighted by atomic mass is 19.1. The van der Waals surface area contributed by atoms with Crippen LogP contribution in [0.2, 0.25) is 0 Å². The Morgan fingerprint density at radius 1 is 1.36 bits per heavy atom. The van der Waals surface area contributed by atoms with Crippen LogP contribution in [0.3, 0.4) is 0 Å². The lowest BCUT2D eigenvalue weighted by molar-refractivity contribution is 0.0332. The largest absolute Gasteiger partial charge is 0.454 e. The van der Waals surface area contributed by atoms with E-state index in [1.165, 1.54) is 23.8 Å². The van der Waals surface area contributed by atoms with Gasteiger partial charge in [0.15, 0.2) is 5.65 Å². The van der Waals surface area contributed by atoms with Crippen molar-refractivity contribution in [2.45, 2.75) is 13.0 Å². The van der Waals surface area contributed by atoms with Crippen molar-refractivity contribution in [2.24, 2.45) is 0 Å². The van der Waals surface area contributed by atoms with E-state index in [9.17, 15) is 13.6 Å². The molecule has 0 aliphatic rings. The Balaban J connectivity index is 1.86. The number of ether oxygens (including phenoxy) is 1. The predicted molar refractivity (Wildman–Crippen MR) is 73.2 cm³/mol. The zero-order valence-electron chi connectivity index (χ0n) is 11.5. The van der Waals surface area contributed by atoms with Crippen molar-refractivity contribution in [3.05, 3.63) is 65.6 Å². The van der Waals surface area contributed by atoms with Crippen LogP contribution < -0.4 is 0 Å². The van der Waals surface area contributed by atoms with Gasteiger partial charge in [-0.05, 0) is 31.2 Å². The van der Waals surface area contributed by atoms with Gasteiger partial charge in [-0.2, -0.15) is 5.10 Å². The molecule has 0 aliphatic carbocycles. The number of hydrogen-bond donors (Lipinski definition) is 0. The van der Waals surface area contributed by atoms with Crippen molar-refractivity contribution < 1.29 is 18.3 Å². The average Bonchev–Trinajstić information content (AvgIpc) is 2.93. The van der Waals surface area contributed by atoms with Crippen LogP contribution in [-0.4, -0.2) is 20.6 Å². The number of carbonyl (C=O) groups is 1. The van der Waals surface area contributed by atoms with Gasteiger partial charge in [0.1, 0.15) is 23.3 Å². The molecule has 0 saturated heterocycles. The van der Waals surface area contributed by atoms with Crippen molar-refractivity contribution in [1.29, 1.82) is 0 Å². The SMILES string of the molecule is C[C@H](OC(=O)c1cnn2cccnc12)c1cc(F)ccc1F. The van der Waals surface area contributed by atoms with Crippen molar-refractivity contribution >= 4 is 11.6 Å². The lowest BCUT2D eigenvalue weighted by Crippen LogP contribution is -2.11. The third-order valence-corrected chi connectivity index (χ3v) is 3.18. The molecule has 0 saturated carbocycles. The van der Waals surface area contributed by atoms with Crippen LogP contribution in [0.4, 0.5) is 8.78 Å². The molecular formula is C15H11F2N3O2. The summed E-state index contributed by atoms with van der Waals surface area (Å²) < 4.78 is 33.5. The van der Waals surface area contributed by atoms with Gasteiger partial charge >= 0.3 is 5.97 Å². The maximum Gasteiger partial charge on any atom is 0.344 e. The van der Waals surface area contributed by atoms with Crippen molar-refractivity contribution in [1.82, 2.24) is 14.6 Å². The summed E-state index contributed by atoms with van der Waals surface area (Å²) in [7, 11) is 0. The summed E-state index contributed by atoms with van der Waals surface area (Å²) in [5, 5.41) is 3.97. The standard InChI is InChI=1S/C15H11F2N3O2/c1-9(11-7-10(16)3-4-13(11)17)22-15(21)12-8-19-20-6-2-5-18-14(12)20/h2-9H,1H3/t9-/m0/s1. The molecule has 0 amide bonds. The third kappa shape index (κ3) is 2.52. The van der Waals surface area contributed by atoms with Gasteiger partial charge in [-0.15, -0.1) is 0 Å². The van der Waals surface area contributed by atoms with E-state index in [1.54, 1.807) is 12.3 Å². The molecule has 7 heteroatoms. The van der Waals surface area contributed by atoms with Crippen LogP contribution in [0.15, 0.2) is 42.9 Å². The fourth-order valence-corrected chi connectivity index (χ4v) is 2.08. The number of carbonyl (C=O) groups excluding carboxylic acids is 1. The fraction of sp³-hybridized carbons (Fsp3) is 0.133. The summed E-state index contributed by atoms with van der Waals surface area (Å²) in [6.45, 7) is 1.47. The van der Waals surface area contributed by atoms with Gasteiger partial charge in [0.2, 0.25) is 0 Å². The topological polar surface area (TPSA) is 56.5 Å². The lowest BCUT2D eigenvalue weighted by Gasteiger charge is -2.14. The van der Waals surface area contributed by atoms with Crippen LogP contribution in [0.5, 0.6) is 0 Å². The Hall–Kier alpha value is -2.83. The molecule has 0 bridgehead atoms. The molecule has 0 fully saturated rings. The number of esters is 1. The summed E-state index contributed by atoms with van der Waals surface area (Å²) in [6, 6.07) is 4.66. The number of nitrogens with zero attached hydrogens (tertiary/aromatic N) is 3. The van der Waals surface area contributed by atoms with E-state index in [0.717, 1.165) is 18.2 Å². The summed E-state index contributed by atoms with van der Waals surface area (Å²) in [5.41, 5.74) is 0.460. The van der Waals surface area contributed by atoms with Gasteiger partial charge in [-0.3, -0.25) is 0 Å². The highest BCUT2D eigenvalue weighted by Crippen LogP contribution is 2.23. The average molecular weight is 303 g/mol. The monoisotopic (exact) mass is 303 g/mol. The Morgan fingerprint density at radius 3 is 3.00 bits per heavy atom. The van der Waals surface area contributed by atoms with Gasteiger partial charge in [-0.25, -0.2) is 23.1 Å². The molecule has 2 aromatic heterocycles. The van der Waals surface area contributed by atoms with Crippen LogP contribution in [0.1, 0.15) is 28.9 Å². The van der Waals surface area contributed by atoms with E-state index >= 15 is 0 Å². The molecular weight excluding hydrogens is 292 g/mol. The van der Waals surface area contributed by atoms with E-state index < -0.39 is 23.7 Å². The predicted octanol–water partition coefficient (Wildman–Crippen LogP) is 2.93. The van der Waals surface area contributed by atoms with Crippen molar-refractivity contribution in [2.75, 3.05) is 0 Å². The second kappa shape index (κ2) is 5.51. The molecule has 22 heavy (non-hydrogen) atoms. The van der Waals surface area contributed by atoms with Crippen LogP contribution in [-0.2, 0) is 4.74 Å². The molecule has 1 aromatic carbocycles. The number of aromatic nitrogens is 3. The zero-order valence-corrected chi connectivity index (χ0v) is 11.5. The molecule has 0 aliphatic heterocycles. The van der Waals surface area contributed by atoms with E-state index in [0.29, 0.717) is 5.65 Å². The van der Waals surface area contributed by atoms with Gasteiger partial charge in [0, 0.05) is 18.0 Å². The fourth-order valence-electron chi connectivity index (χ4n) is 2.08. The molecule has 0 unspecified atom stereocenters. The summed E-state index contributed by atoms with van der Waals surface area (Å²) >= 11 is 0. The first-order valence-electron chi connectivity index (χ1n) is 6.50. The van der Waals surface area contributed by atoms with E-state index in [-0.39, 0.29) is 11.1 Å². The van der Waals surface area contributed by atoms with Gasteiger partial charge < -0.3 is 4.74 Å². The van der Waals surface area contributed by atoms with Crippen LogP contribution in [0, 0.1) is 11.6 Å². The first kappa shape index (κ1) is 14.1. The van der Waals surface area contributed by atoms with Gasteiger partial charge in [0.25, 0.3) is 0 Å². The van der Waals surface area contributed by atoms with Gasteiger partial charge in [-0.1, -0.05) is 0 Å². The second-order valence-electron chi connectivity index (χ2n) is 4.66. The second-order valence-corrected chi connectivity index (χ2v) is 4.66. The van der Waals surface area contributed by atoms with Crippen molar-refractivity contribution in [3.63, 3.8) is 0 Å². The summed E-state index contributed by atoms with van der Waals surface area (Å²) in [4.78, 5) is 16.2. The molecule has 0 N–H and O–H groups in total. The molecule has 3 rings (SSSR count). The van der Waals surface area contributed by atoms with Crippen LogP contribution >= 0.6 is 0 Å². The maximum atomic E-state index is 13.7. The van der Waals surface area contributed by atoms with E-state index in [1.807, 2.05) is 0 Å². The maximum absolute atomic E-state index is 13.7. The first-order chi connectivity index (χ1) is 10.6. The molecule has 0 radical (unpaired) electrons. The van der Waals surface area contributed by atoms with Crippen LogP contribution in [0.25, 0.3) is 5.65 Å². The molecule has 1 atom stereocenters.